The molecular formula is C14H18F3N5O2. The van der Waals surface area contributed by atoms with Crippen molar-refractivity contribution in [3.63, 3.8) is 0 Å². The van der Waals surface area contributed by atoms with Crippen LogP contribution in [0.15, 0.2) is 6.07 Å². The van der Waals surface area contributed by atoms with Crippen molar-refractivity contribution in [3.05, 3.63) is 17.6 Å². The number of carbonyl (C=O) groups is 1. The fourth-order valence-corrected chi connectivity index (χ4v) is 1.92. The standard InChI is InChI=1S/C14H18F3N5O2/c1-7(2)24-11(23)8(3)6-18-10-5-9(4)19-13-20-12(14(15,16)17)21-22(10)13/h5,7-8,18H,6H2,1-4H3. The van der Waals surface area contributed by atoms with Crippen LogP contribution in [-0.2, 0) is 15.7 Å². The number of aromatic nitrogens is 4. The van der Waals surface area contributed by atoms with Gasteiger partial charge in [0.2, 0.25) is 0 Å². The molecule has 0 radical (unpaired) electrons. The zero-order valence-corrected chi connectivity index (χ0v) is 13.7. The fraction of sp³-hybridized carbons (Fsp3) is 0.571. The molecule has 0 aliphatic rings. The van der Waals surface area contributed by atoms with Crippen molar-refractivity contribution in [2.45, 2.75) is 40.0 Å². The summed E-state index contributed by atoms with van der Waals surface area (Å²) in [5.74, 6) is -2.04. The Hall–Kier alpha value is -2.39. The number of hydrogen-bond acceptors (Lipinski definition) is 6. The molecule has 0 aromatic carbocycles. The minimum absolute atomic E-state index is 0.165. The molecule has 132 valence electrons. The van der Waals surface area contributed by atoms with Gasteiger partial charge in [-0.15, -0.1) is 5.10 Å². The highest BCUT2D eigenvalue weighted by Gasteiger charge is 2.36. The van der Waals surface area contributed by atoms with Gasteiger partial charge in [-0.05, 0) is 20.8 Å². The van der Waals surface area contributed by atoms with E-state index in [1.54, 1.807) is 27.7 Å². The SMILES string of the molecule is Cc1cc(NCC(C)C(=O)OC(C)C)n2nc(C(F)(F)F)nc2n1. The second kappa shape index (κ2) is 6.62. The Morgan fingerprint density at radius 2 is 2.00 bits per heavy atom. The van der Waals surface area contributed by atoms with Gasteiger partial charge in [-0.1, -0.05) is 6.92 Å². The molecule has 2 aromatic rings. The van der Waals surface area contributed by atoms with Crippen LogP contribution >= 0.6 is 0 Å². The van der Waals surface area contributed by atoms with Crippen molar-refractivity contribution in [1.29, 1.82) is 0 Å². The van der Waals surface area contributed by atoms with Crippen molar-refractivity contribution in [1.82, 2.24) is 19.6 Å². The van der Waals surface area contributed by atoms with E-state index in [2.05, 4.69) is 20.4 Å². The molecule has 0 aliphatic heterocycles. The van der Waals surface area contributed by atoms with E-state index in [-0.39, 0.29) is 24.2 Å². The lowest BCUT2D eigenvalue weighted by atomic mass is 10.2. The average molecular weight is 345 g/mol. The lowest BCUT2D eigenvalue weighted by molar-refractivity contribution is -0.151. The summed E-state index contributed by atoms with van der Waals surface area (Å²) in [6.07, 6.45) is -4.90. The fourth-order valence-electron chi connectivity index (χ4n) is 1.92. The number of anilines is 1. The van der Waals surface area contributed by atoms with E-state index in [0.29, 0.717) is 5.69 Å². The molecule has 10 heteroatoms. The van der Waals surface area contributed by atoms with E-state index < -0.39 is 23.9 Å². The number of hydrogen-bond donors (Lipinski definition) is 1. The quantitative estimate of drug-likeness (QED) is 0.839. The molecule has 2 heterocycles. The Morgan fingerprint density at radius 1 is 1.33 bits per heavy atom. The van der Waals surface area contributed by atoms with Gasteiger partial charge < -0.3 is 10.1 Å². The van der Waals surface area contributed by atoms with Crippen molar-refractivity contribution in [3.8, 4) is 0 Å². The zero-order valence-electron chi connectivity index (χ0n) is 13.7. The van der Waals surface area contributed by atoms with Crippen LogP contribution in [0, 0.1) is 12.8 Å². The van der Waals surface area contributed by atoms with E-state index in [9.17, 15) is 18.0 Å². The number of alkyl halides is 3. The Labute approximate surface area is 136 Å². The van der Waals surface area contributed by atoms with Gasteiger partial charge >= 0.3 is 12.1 Å². The van der Waals surface area contributed by atoms with Crippen LogP contribution in [-0.4, -0.2) is 38.2 Å². The first-order chi connectivity index (χ1) is 11.1. The third kappa shape index (κ3) is 4.12. The smallest absolute Gasteiger partial charge is 0.453 e. The summed E-state index contributed by atoms with van der Waals surface area (Å²) in [5.41, 5.74) is 0.475. The van der Waals surface area contributed by atoms with Crippen molar-refractivity contribution in [2.75, 3.05) is 11.9 Å². The Bertz CT molecular complexity index is 742. The van der Waals surface area contributed by atoms with Crippen molar-refractivity contribution in [2.24, 2.45) is 5.92 Å². The maximum atomic E-state index is 12.8. The van der Waals surface area contributed by atoms with E-state index >= 15 is 0 Å². The van der Waals surface area contributed by atoms with Gasteiger partial charge in [0.1, 0.15) is 5.82 Å². The van der Waals surface area contributed by atoms with Gasteiger partial charge in [-0.25, -0.2) is 4.98 Å². The number of esters is 1. The molecule has 0 bridgehead atoms. The zero-order chi connectivity index (χ0) is 18.1. The normalized spacial score (nSPS) is 13.3. The molecule has 0 spiro atoms. The van der Waals surface area contributed by atoms with Gasteiger partial charge in [0, 0.05) is 18.3 Å². The summed E-state index contributed by atoms with van der Waals surface area (Å²) < 4.78 is 44.3. The number of fused-ring (bicyclic) bond motifs is 1. The number of halogens is 3. The number of carbonyl (C=O) groups excluding carboxylic acids is 1. The molecule has 0 aliphatic carbocycles. The first-order valence-electron chi connectivity index (χ1n) is 7.34. The molecule has 2 rings (SSSR count). The molecule has 1 atom stereocenters. The van der Waals surface area contributed by atoms with Gasteiger partial charge in [0.05, 0.1) is 12.0 Å². The number of aryl methyl sites for hydroxylation is 1. The summed E-state index contributed by atoms with van der Waals surface area (Å²) in [5, 5.41) is 6.34. The van der Waals surface area contributed by atoms with Crippen LogP contribution < -0.4 is 5.32 Å². The van der Waals surface area contributed by atoms with Gasteiger partial charge in [0.25, 0.3) is 11.6 Å². The van der Waals surface area contributed by atoms with Gasteiger partial charge in [0.15, 0.2) is 0 Å². The van der Waals surface area contributed by atoms with Crippen LogP contribution in [0.1, 0.15) is 32.3 Å². The molecule has 1 N–H and O–H groups in total. The predicted octanol–water partition coefficient (Wildman–Crippen LogP) is 2.45. The van der Waals surface area contributed by atoms with Crippen LogP contribution in [0.25, 0.3) is 5.78 Å². The van der Waals surface area contributed by atoms with Gasteiger partial charge in [-0.2, -0.15) is 22.7 Å². The third-order valence-electron chi connectivity index (χ3n) is 3.04. The summed E-state index contributed by atoms with van der Waals surface area (Å²) in [4.78, 5) is 19.1. The van der Waals surface area contributed by atoms with E-state index in [1.807, 2.05) is 0 Å². The lowest BCUT2D eigenvalue weighted by Crippen LogP contribution is -2.25. The highest BCUT2D eigenvalue weighted by atomic mass is 19.4. The number of ether oxygens (including phenoxy) is 1. The lowest BCUT2D eigenvalue weighted by Gasteiger charge is -2.15. The topological polar surface area (TPSA) is 81.4 Å². The van der Waals surface area contributed by atoms with Crippen LogP contribution in [0.4, 0.5) is 19.0 Å². The highest BCUT2D eigenvalue weighted by Crippen LogP contribution is 2.27. The second-order valence-electron chi connectivity index (χ2n) is 5.70. The minimum atomic E-state index is -4.66. The summed E-state index contributed by atoms with van der Waals surface area (Å²) in [7, 11) is 0. The third-order valence-corrected chi connectivity index (χ3v) is 3.04. The van der Waals surface area contributed by atoms with Crippen molar-refractivity contribution < 1.29 is 22.7 Å². The largest absolute Gasteiger partial charge is 0.463 e. The van der Waals surface area contributed by atoms with Crippen LogP contribution in [0.5, 0.6) is 0 Å². The second-order valence-corrected chi connectivity index (χ2v) is 5.70. The minimum Gasteiger partial charge on any atom is -0.463 e. The van der Waals surface area contributed by atoms with E-state index in [0.717, 1.165) is 4.52 Å². The Morgan fingerprint density at radius 3 is 2.58 bits per heavy atom. The summed E-state index contributed by atoms with van der Waals surface area (Å²) in [6, 6.07) is 1.53. The first-order valence-corrected chi connectivity index (χ1v) is 7.34. The number of nitrogens with zero attached hydrogens (tertiary/aromatic N) is 4. The average Bonchev–Trinajstić information content (AvgIpc) is 2.87. The van der Waals surface area contributed by atoms with Crippen LogP contribution in [0.2, 0.25) is 0 Å². The number of rotatable bonds is 5. The molecule has 2 aromatic heterocycles. The van der Waals surface area contributed by atoms with Crippen LogP contribution in [0.3, 0.4) is 0 Å². The monoisotopic (exact) mass is 345 g/mol. The maximum absolute atomic E-state index is 12.8. The Kier molecular flexibility index (Phi) is 4.95. The molecule has 0 saturated carbocycles. The molecule has 1 unspecified atom stereocenters. The van der Waals surface area contributed by atoms with Gasteiger partial charge in [-0.3, -0.25) is 4.79 Å². The molecule has 24 heavy (non-hydrogen) atoms. The summed E-state index contributed by atoms with van der Waals surface area (Å²) in [6.45, 7) is 6.93. The molecule has 0 fully saturated rings. The van der Waals surface area contributed by atoms with E-state index in [4.69, 9.17) is 4.74 Å². The predicted molar refractivity (Wildman–Crippen MR) is 79.4 cm³/mol. The molecule has 0 amide bonds. The van der Waals surface area contributed by atoms with Crippen molar-refractivity contribution >= 4 is 17.6 Å². The van der Waals surface area contributed by atoms with E-state index in [1.165, 1.54) is 6.07 Å². The highest BCUT2D eigenvalue weighted by molar-refractivity contribution is 5.72. The first kappa shape index (κ1) is 18.0. The Balaban J connectivity index is 2.22. The molecular weight excluding hydrogens is 327 g/mol. The maximum Gasteiger partial charge on any atom is 0.453 e. The molecule has 7 nitrogen and oxygen atoms in total. The number of nitrogens with one attached hydrogen (secondary N) is 1. The molecule has 0 saturated heterocycles. The summed E-state index contributed by atoms with van der Waals surface area (Å²) >= 11 is 0.